The van der Waals surface area contributed by atoms with Gasteiger partial charge >= 0.3 is 17.9 Å². The number of esters is 2. The lowest BCUT2D eigenvalue weighted by Gasteiger charge is -2.40. The molecular weight excluding hydrogens is 440 g/mol. The average molecular weight is 468 g/mol. The van der Waals surface area contributed by atoms with Gasteiger partial charge in [0.1, 0.15) is 35.5 Å². The van der Waals surface area contributed by atoms with Crippen LogP contribution in [0.25, 0.3) is 5.70 Å². The van der Waals surface area contributed by atoms with Gasteiger partial charge in [-0.15, -0.1) is 0 Å². The van der Waals surface area contributed by atoms with Crippen LogP contribution in [-0.2, 0) is 19.1 Å². The highest BCUT2D eigenvalue weighted by molar-refractivity contribution is 6.04. The van der Waals surface area contributed by atoms with E-state index in [9.17, 15) is 19.7 Å². The Morgan fingerprint density at radius 2 is 1.79 bits per heavy atom. The molecule has 0 amide bonds. The maximum absolute atomic E-state index is 13.2. The van der Waals surface area contributed by atoms with Crippen LogP contribution in [0.5, 0.6) is 0 Å². The van der Waals surface area contributed by atoms with E-state index in [0.29, 0.717) is 40.5 Å². The minimum atomic E-state index is -0.468. The van der Waals surface area contributed by atoms with Gasteiger partial charge < -0.3 is 9.47 Å². The zero-order valence-electron chi connectivity index (χ0n) is 19.1. The van der Waals surface area contributed by atoms with Crippen molar-refractivity contribution in [2.75, 3.05) is 13.2 Å². The summed E-state index contributed by atoms with van der Waals surface area (Å²) >= 11 is 0. The molecule has 0 saturated carbocycles. The van der Waals surface area contributed by atoms with Gasteiger partial charge in [0.15, 0.2) is 0 Å². The molecule has 3 aliphatic heterocycles. The molecule has 2 N–H and O–H groups in total. The molecule has 0 spiro atoms. The minimum Gasteiger partial charge on any atom is -0.462 e. The first-order valence-electron chi connectivity index (χ1n) is 11.2. The van der Waals surface area contributed by atoms with E-state index in [0.717, 1.165) is 12.8 Å². The third-order valence-corrected chi connectivity index (χ3v) is 6.19. The van der Waals surface area contributed by atoms with Crippen molar-refractivity contribution in [3.05, 3.63) is 69.4 Å². The molecule has 0 radical (unpaired) electrons. The highest BCUT2D eigenvalue weighted by atomic mass is 16.6. The second kappa shape index (κ2) is 9.50. The number of carbonyl (C=O) groups excluding carboxylic acids is 2. The second-order valence-electron chi connectivity index (χ2n) is 8.21. The van der Waals surface area contributed by atoms with Gasteiger partial charge in [-0.1, -0.05) is 12.7 Å². The van der Waals surface area contributed by atoms with Gasteiger partial charge in [-0.3, -0.25) is 10.1 Å². The summed E-state index contributed by atoms with van der Waals surface area (Å²) in [6.07, 6.45) is 3.72. The van der Waals surface area contributed by atoms with Gasteiger partial charge in [0.25, 0.3) is 5.69 Å². The van der Waals surface area contributed by atoms with Crippen LogP contribution in [0.15, 0.2) is 53.8 Å². The molecule has 4 rings (SSSR count). The van der Waals surface area contributed by atoms with Crippen LogP contribution in [0.1, 0.15) is 38.7 Å². The molecule has 0 aromatic heterocycles. The topological polar surface area (TPSA) is 123 Å². The van der Waals surface area contributed by atoms with Gasteiger partial charge in [0.2, 0.25) is 0 Å². The van der Waals surface area contributed by atoms with Crippen LogP contribution in [0, 0.1) is 10.1 Å². The number of allylic oxidation sites excluding steroid dienone is 1. The number of nitro benzene ring substituents is 1. The summed E-state index contributed by atoms with van der Waals surface area (Å²) in [6.45, 7) is 7.47. The number of nitrogens with zero attached hydrogens (tertiary/aromatic N) is 2. The smallest absolute Gasteiger partial charge is 0.356 e. The van der Waals surface area contributed by atoms with Crippen LogP contribution in [0.4, 0.5) is 5.69 Å². The highest BCUT2D eigenvalue weighted by Crippen LogP contribution is 2.36. The third kappa shape index (κ3) is 4.07. The molecule has 0 aliphatic carbocycles. The second-order valence-corrected chi connectivity index (χ2v) is 8.21. The third-order valence-electron chi connectivity index (χ3n) is 6.19. The van der Waals surface area contributed by atoms with E-state index in [1.54, 1.807) is 19.1 Å². The SMILES string of the molecule is C=CCOC(=O)C1=C(C)NC2=[N+]3[C@@H]1CCC[C@H]3C(C(=O)OCC)=C(c1ccc([N+](=O)[O-])cc1)N2. The number of carbonyl (C=O) groups is 2. The Balaban J connectivity index is 1.78. The van der Waals surface area contributed by atoms with E-state index in [1.165, 1.54) is 18.2 Å². The van der Waals surface area contributed by atoms with Gasteiger partial charge in [0, 0.05) is 17.7 Å². The monoisotopic (exact) mass is 467 g/mol. The van der Waals surface area contributed by atoms with E-state index in [2.05, 4.69) is 17.2 Å². The summed E-state index contributed by atoms with van der Waals surface area (Å²) in [7, 11) is 0. The molecule has 2 atom stereocenters. The summed E-state index contributed by atoms with van der Waals surface area (Å²) in [5.74, 6) is -0.235. The standard InChI is InChI=1S/C24H26N4O6/c1-4-13-34-22(29)19-14(3)25-24-26-21(15-9-11-16(12-10-15)28(31)32)20(23(30)33-5-2)18-8-6-7-17(19)27(18)24/h4,9-12,17-18H,1,5-8,13H2,2-3H3,(H,25,26,29,30)/p+1/t17-,18+/m1/s1. The van der Waals surface area contributed by atoms with Crippen LogP contribution in [0.3, 0.4) is 0 Å². The lowest BCUT2D eigenvalue weighted by molar-refractivity contribution is -0.599. The molecule has 1 saturated heterocycles. The van der Waals surface area contributed by atoms with Gasteiger partial charge in [0.05, 0.1) is 17.2 Å². The molecule has 1 aromatic carbocycles. The Hall–Kier alpha value is -3.95. The van der Waals surface area contributed by atoms with Crippen LogP contribution < -0.4 is 10.6 Å². The van der Waals surface area contributed by atoms with Crippen molar-refractivity contribution in [2.45, 2.75) is 45.2 Å². The molecule has 10 nitrogen and oxygen atoms in total. The molecule has 34 heavy (non-hydrogen) atoms. The molecule has 178 valence electrons. The van der Waals surface area contributed by atoms with Crippen molar-refractivity contribution in [2.24, 2.45) is 0 Å². The van der Waals surface area contributed by atoms with E-state index < -0.39 is 16.9 Å². The first-order valence-corrected chi connectivity index (χ1v) is 11.2. The Kier molecular flexibility index (Phi) is 6.49. The van der Waals surface area contributed by atoms with Crippen LogP contribution in [0.2, 0.25) is 0 Å². The summed E-state index contributed by atoms with van der Waals surface area (Å²) in [5.41, 5.74) is 2.75. The zero-order valence-corrected chi connectivity index (χ0v) is 19.1. The van der Waals surface area contributed by atoms with Crippen molar-refractivity contribution in [3.8, 4) is 0 Å². The number of rotatable bonds is 7. The molecule has 0 unspecified atom stereocenters. The maximum atomic E-state index is 13.2. The fraction of sp³-hybridized carbons (Fsp3) is 0.375. The zero-order chi connectivity index (χ0) is 24.4. The summed E-state index contributed by atoms with van der Waals surface area (Å²) in [6, 6.07) is 5.41. The molecule has 0 bridgehead atoms. The molecule has 3 aliphatic rings. The summed E-state index contributed by atoms with van der Waals surface area (Å²) in [5, 5.41) is 17.7. The predicted octanol–water partition coefficient (Wildman–Crippen LogP) is 2.37. The Labute approximate surface area is 196 Å². The first kappa shape index (κ1) is 23.2. The van der Waals surface area contributed by atoms with E-state index >= 15 is 0 Å². The summed E-state index contributed by atoms with van der Waals surface area (Å²) < 4.78 is 12.8. The number of hydrogen-bond donors (Lipinski definition) is 2. The Morgan fingerprint density at radius 1 is 1.15 bits per heavy atom. The number of ether oxygens (including phenoxy) is 2. The number of benzene rings is 1. The van der Waals surface area contributed by atoms with Crippen molar-refractivity contribution in [1.82, 2.24) is 10.6 Å². The molecular formula is C24H27N4O6+. The van der Waals surface area contributed by atoms with Crippen molar-refractivity contribution >= 4 is 29.3 Å². The first-order chi connectivity index (χ1) is 16.4. The van der Waals surface area contributed by atoms with Crippen molar-refractivity contribution < 1.29 is 28.6 Å². The minimum absolute atomic E-state index is 0.0397. The largest absolute Gasteiger partial charge is 0.462 e. The number of piperidine rings is 1. The number of non-ortho nitro benzene ring substituents is 1. The molecule has 10 heteroatoms. The normalized spacial score (nSPS) is 21.2. The van der Waals surface area contributed by atoms with Gasteiger partial charge in [-0.25, -0.2) is 24.8 Å². The van der Waals surface area contributed by atoms with E-state index in [-0.39, 0.29) is 31.0 Å². The average Bonchev–Trinajstić information content (AvgIpc) is 2.82. The number of nitrogens with one attached hydrogen (secondary N) is 2. The van der Waals surface area contributed by atoms with Crippen molar-refractivity contribution in [3.63, 3.8) is 0 Å². The highest BCUT2D eigenvalue weighted by Gasteiger charge is 2.49. The van der Waals surface area contributed by atoms with E-state index in [1.807, 2.05) is 11.5 Å². The molecule has 1 aromatic rings. The fourth-order valence-electron chi connectivity index (χ4n) is 4.81. The Bertz CT molecular complexity index is 1150. The van der Waals surface area contributed by atoms with Gasteiger partial charge in [-0.2, -0.15) is 0 Å². The summed E-state index contributed by atoms with van der Waals surface area (Å²) in [4.78, 5) is 36.6. The van der Waals surface area contributed by atoms with Crippen LogP contribution >= 0.6 is 0 Å². The quantitative estimate of drug-likeness (QED) is 0.206. The van der Waals surface area contributed by atoms with E-state index in [4.69, 9.17) is 9.47 Å². The lowest BCUT2D eigenvalue weighted by atomic mass is 9.84. The maximum Gasteiger partial charge on any atom is 0.356 e. The molecule has 3 heterocycles. The lowest BCUT2D eigenvalue weighted by Crippen LogP contribution is -2.60. The Morgan fingerprint density at radius 3 is 2.41 bits per heavy atom. The molecule has 1 fully saturated rings. The predicted molar refractivity (Wildman–Crippen MR) is 123 cm³/mol. The fourth-order valence-corrected chi connectivity index (χ4v) is 4.81. The van der Waals surface area contributed by atoms with Crippen LogP contribution in [-0.4, -0.2) is 52.7 Å². The van der Waals surface area contributed by atoms with Gasteiger partial charge in [-0.05, 0) is 45.2 Å². The van der Waals surface area contributed by atoms with Crippen molar-refractivity contribution in [1.29, 1.82) is 0 Å². The number of guanidine groups is 1. The number of nitro groups is 1. The number of hydrogen-bond acceptors (Lipinski definition) is 8.